The van der Waals surface area contributed by atoms with Crippen LogP contribution in [0.4, 0.5) is 5.69 Å². The van der Waals surface area contributed by atoms with Crippen LogP contribution in [0.1, 0.15) is 16.8 Å². The number of hydrogen-bond acceptors (Lipinski definition) is 5. The maximum absolute atomic E-state index is 12.4. The van der Waals surface area contributed by atoms with Gasteiger partial charge in [0.2, 0.25) is 0 Å². The summed E-state index contributed by atoms with van der Waals surface area (Å²) in [5, 5.41) is 19.6. The first kappa shape index (κ1) is 14.9. The van der Waals surface area contributed by atoms with Crippen molar-refractivity contribution in [2.75, 3.05) is 19.8 Å². The number of carboxylic acids is 1. The van der Waals surface area contributed by atoms with Crippen molar-refractivity contribution in [3.8, 4) is 0 Å². The van der Waals surface area contributed by atoms with Crippen molar-refractivity contribution in [3.05, 3.63) is 39.9 Å². The van der Waals surface area contributed by atoms with Crippen LogP contribution in [0.25, 0.3) is 0 Å². The average molecular weight is 294 g/mol. The number of carbonyl (C=O) groups excluding carboxylic acids is 1. The predicted octanol–water partition coefficient (Wildman–Crippen LogP) is 0.910. The Kier molecular flexibility index (Phi) is 4.49. The summed E-state index contributed by atoms with van der Waals surface area (Å²) in [6.07, 6.45) is -0.222. The summed E-state index contributed by atoms with van der Waals surface area (Å²) in [7, 11) is 0. The fraction of sp³-hybridized carbons (Fsp3) is 0.385. The molecule has 1 fully saturated rings. The third-order valence-corrected chi connectivity index (χ3v) is 3.20. The summed E-state index contributed by atoms with van der Waals surface area (Å²) in [6, 6.07) is 4.82. The first-order chi connectivity index (χ1) is 9.99. The molecule has 0 radical (unpaired) electrons. The summed E-state index contributed by atoms with van der Waals surface area (Å²) in [5.74, 6) is -1.45. The first-order valence-electron chi connectivity index (χ1n) is 6.34. The third kappa shape index (κ3) is 3.54. The normalized spacial score (nSPS) is 18.3. The minimum Gasteiger partial charge on any atom is -0.481 e. The van der Waals surface area contributed by atoms with Crippen LogP contribution in [0, 0.1) is 10.1 Å². The van der Waals surface area contributed by atoms with E-state index in [4.69, 9.17) is 9.84 Å². The van der Waals surface area contributed by atoms with Gasteiger partial charge in [-0.05, 0) is 6.07 Å². The van der Waals surface area contributed by atoms with Gasteiger partial charge in [0.15, 0.2) is 0 Å². The van der Waals surface area contributed by atoms with Gasteiger partial charge < -0.3 is 14.7 Å². The summed E-state index contributed by atoms with van der Waals surface area (Å²) in [6.45, 7) is 0.725. The third-order valence-electron chi connectivity index (χ3n) is 3.20. The molecule has 1 atom stereocenters. The van der Waals surface area contributed by atoms with E-state index in [0.29, 0.717) is 6.61 Å². The highest BCUT2D eigenvalue weighted by Crippen LogP contribution is 2.18. The van der Waals surface area contributed by atoms with Gasteiger partial charge >= 0.3 is 5.97 Å². The topological polar surface area (TPSA) is 110 Å². The molecule has 0 aromatic heterocycles. The number of non-ortho nitro benzene ring substituents is 1. The summed E-state index contributed by atoms with van der Waals surface area (Å²) in [4.78, 5) is 34.8. The van der Waals surface area contributed by atoms with E-state index in [1.807, 2.05) is 0 Å². The van der Waals surface area contributed by atoms with E-state index in [0.717, 1.165) is 0 Å². The number of carboxylic acid groups (broad SMARTS) is 1. The van der Waals surface area contributed by atoms with Crippen LogP contribution in [-0.4, -0.2) is 52.6 Å². The van der Waals surface area contributed by atoms with Crippen molar-refractivity contribution in [2.24, 2.45) is 0 Å². The molecule has 1 N–H and O–H groups in total. The minimum absolute atomic E-state index is 0.146. The van der Waals surface area contributed by atoms with Crippen LogP contribution >= 0.6 is 0 Å². The monoisotopic (exact) mass is 294 g/mol. The Labute approximate surface area is 120 Å². The molecule has 0 bridgehead atoms. The zero-order valence-corrected chi connectivity index (χ0v) is 11.1. The number of rotatable bonds is 4. The molecule has 0 spiro atoms. The lowest BCUT2D eigenvalue weighted by atomic mass is 10.1. The second kappa shape index (κ2) is 6.31. The van der Waals surface area contributed by atoms with E-state index in [1.165, 1.54) is 29.2 Å². The summed E-state index contributed by atoms with van der Waals surface area (Å²) >= 11 is 0. The molecule has 1 saturated heterocycles. The molecule has 1 aromatic rings. The maximum atomic E-state index is 12.4. The zero-order valence-electron chi connectivity index (χ0n) is 11.1. The van der Waals surface area contributed by atoms with Gasteiger partial charge in [-0.3, -0.25) is 19.7 Å². The lowest BCUT2D eigenvalue weighted by Gasteiger charge is -2.34. The summed E-state index contributed by atoms with van der Waals surface area (Å²) in [5.41, 5.74) is -0.00890. The molecule has 0 saturated carbocycles. The minimum atomic E-state index is -1.03. The Morgan fingerprint density at radius 3 is 2.90 bits per heavy atom. The van der Waals surface area contributed by atoms with Gasteiger partial charge in [-0.25, -0.2) is 0 Å². The van der Waals surface area contributed by atoms with Crippen LogP contribution in [0.5, 0.6) is 0 Å². The number of benzene rings is 1. The predicted molar refractivity (Wildman–Crippen MR) is 71.0 cm³/mol. The number of hydrogen-bond donors (Lipinski definition) is 1. The smallest absolute Gasteiger partial charge is 0.305 e. The number of nitro benzene ring substituents is 1. The molecule has 1 unspecified atom stereocenters. The van der Waals surface area contributed by atoms with Crippen molar-refractivity contribution in [1.29, 1.82) is 0 Å². The van der Waals surface area contributed by atoms with E-state index in [9.17, 15) is 19.7 Å². The molecule has 1 aliphatic heterocycles. The second-order valence-electron chi connectivity index (χ2n) is 4.63. The van der Waals surface area contributed by atoms with E-state index in [1.54, 1.807) is 0 Å². The van der Waals surface area contributed by atoms with Crippen molar-refractivity contribution < 1.29 is 24.4 Å². The molecular weight excluding hydrogens is 280 g/mol. The van der Waals surface area contributed by atoms with Crippen molar-refractivity contribution >= 4 is 17.6 Å². The van der Waals surface area contributed by atoms with Gasteiger partial charge in [0.25, 0.3) is 11.6 Å². The van der Waals surface area contributed by atoms with Crippen LogP contribution in [0.2, 0.25) is 0 Å². The highest BCUT2D eigenvalue weighted by molar-refractivity contribution is 5.95. The molecular formula is C13H14N2O6. The number of nitro groups is 1. The number of aliphatic carboxylic acids is 1. The van der Waals surface area contributed by atoms with Gasteiger partial charge in [-0.1, -0.05) is 6.07 Å². The Morgan fingerprint density at radius 2 is 2.24 bits per heavy atom. The zero-order chi connectivity index (χ0) is 15.4. The highest BCUT2D eigenvalue weighted by atomic mass is 16.6. The van der Waals surface area contributed by atoms with Crippen molar-refractivity contribution in [1.82, 2.24) is 4.90 Å². The van der Waals surface area contributed by atoms with Gasteiger partial charge in [0, 0.05) is 24.2 Å². The molecule has 1 aromatic carbocycles. The van der Waals surface area contributed by atoms with E-state index < -0.39 is 22.8 Å². The molecule has 0 aliphatic carbocycles. The van der Waals surface area contributed by atoms with Crippen LogP contribution < -0.4 is 0 Å². The highest BCUT2D eigenvalue weighted by Gasteiger charge is 2.30. The van der Waals surface area contributed by atoms with Crippen molar-refractivity contribution in [2.45, 2.75) is 12.5 Å². The van der Waals surface area contributed by atoms with Gasteiger partial charge in [0.1, 0.15) is 0 Å². The molecule has 2 rings (SSSR count). The van der Waals surface area contributed by atoms with Gasteiger partial charge in [-0.15, -0.1) is 0 Å². The Balaban J connectivity index is 2.22. The molecule has 112 valence electrons. The lowest BCUT2D eigenvalue weighted by Crippen LogP contribution is -2.49. The van der Waals surface area contributed by atoms with Crippen molar-refractivity contribution in [3.63, 3.8) is 0 Å². The molecule has 1 amide bonds. The number of ether oxygens (including phenoxy) is 1. The number of nitrogens with zero attached hydrogens (tertiary/aromatic N) is 2. The second-order valence-corrected chi connectivity index (χ2v) is 4.63. The fourth-order valence-electron chi connectivity index (χ4n) is 2.21. The number of morpholine rings is 1. The summed E-state index contributed by atoms with van der Waals surface area (Å²) < 4.78 is 5.20. The van der Waals surface area contributed by atoms with E-state index in [-0.39, 0.29) is 30.8 Å². The molecule has 1 aliphatic rings. The first-order valence-corrected chi connectivity index (χ1v) is 6.34. The average Bonchev–Trinajstić information content (AvgIpc) is 2.46. The fourth-order valence-corrected chi connectivity index (χ4v) is 2.21. The quantitative estimate of drug-likeness (QED) is 0.653. The molecule has 8 nitrogen and oxygen atoms in total. The molecule has 1 heterocycles. The SMILES string of the molecule is O=C(O)CC1COCCN1C(=O)c1cccc([N+](=O)[O-])c1. The Hall–Kier alpha value is -2.48. The largest absolute Gasteiger partial charge is 0.481 e. The number of carbonyl (C=O) groups is 2. The maximum Gasteiger partial charge on any atom is 0.305 e. The lowest BCUT2D eigenvalue weighted by molar-refractivity contribution is -0.384. The van der Waals surface area contributed by atoms with E-state index in [2.05, 4.69) is 0 Å². The van der Waals surface area contributed by atoms with Gasteiger partial charge in [-0.2, -0.15) is 0 Å². The molecule has 21 heavy (non-hydrogen) atoms. The number of amides is 1. The van der Waals surface area contributed by atoms with Gasteiger partial charge in [0.05, 0.1) is 30.6 Å². The Bertz CT molecular complexity index is 574. The standard InChI is InChI=1S/C13H14N2O6/c16-12(17)7-11-8-21-5-4-14(11)13(18)9-2-1-3-10(6-9)15(19)20/h1-3,6,11H,4-5,7-8H2,(H,16,17). The Morgan fingerprint density at radius 1 is 1.48 bits per heavy atom. The van der Waals surface area contributed by atoms with E-state index >= 15 is 0 Å². The van der Waals surface area contributed by atoms with Crippen LogP contribution in [-0.2, 0) is 9.53 Å². The molecule has 8 heteroatoms. The van der Waals surface area contributed by atoms with Crippen LogP contribution in [0.3, 0.4) is 0 Å². The van der Waals surface area contributed by atoms with Crippen LogP contribution in [0.15, 0.2) is 24.3 Å².